The van der Waals surface area contributed by atoms with Crippen LogP contribution in [-0.2, 0) is 6.54 Å². The van der Waals surface area contributed by atoms with Crippen molar-refractivity contribution in [1.29, 1.82) is 0 Å². The number of aromatic nitrogens is 4. The van der Waals surface area contributed by atoms with Gasteiger partial charge in [-0.3, -0.25) is 4.79 Å². The largest absolute Gasteiger partial charge is 0.448 e. The third kappa shape index (κ3) is 3.11. The Hall–Kier alpha value is -3.07. The topological polar surface area (TPSA) is 77.1 Å². The number of aryl methyl sites for hydroxylation is 1. The number of amides is 1. The summed E-state index contributed by atoms with van der Waals surface area (Å²) in [5.74, 6) is 0.0945. The van der Waals surface area contributed by atoms with Crippen LogP contribution in [0.5, 0.6) is 0 Å². The van der Waals surface area contributed by atoms with E-state index in [2.05, 4.69) is 15.4 Å². The second kappa shape index (κ2) is 7.07. The second-order valence-electron chi connectivity index (χ2n) is 7.11. The van der Waals surface area contributed by atoms with E-state index in [4.69, 9.17) is 4.42 Å². The molecule has 5 rings (SSSR count). The van der Waals surface area contributed by atoms with Crippen LogP contribution in [0.2, 0.25) is 0 Å². The van der Waals surface area contributed by atoms with Gasteiger partial charge in [0.05, 0.1) is 17.5 Å². The van der Waals surface area contributed by atoms with Crippen molar-refractivity contribution in [3.63, 3.8) is 0 Å². The maximum absolute atomic E-state index is 14.1. The molecule has 1 fully saturated rings. The first-order valence-electron chi connectivity index (χ1n) is 9.42. The smallest absolute Gasteiger partial charge is 0.290 e. The van der Waals surface area contributed by atoms with Crippen molar-refractivity contribution in [2.75, 3.05) is 6.54 Å². The minimum Gasteiger partial charge on any atom is -0.448 e. The number of halogens is 1. The quantitative estimate of drug-likeness (QED) is 0.509. The molecule has 1 unspecified atom stereocenters. The Morgan fingerprint density at radius 3 is 3.03 bits per heavy atom. The third-order valence-corrected chi connectivity index (χ3v) is 6.18. The number of carbonyl (C=O) groups is 1. The van der Waals surface area contributed by atoms with Crippen molar-refractivity contribution in [1.82, 2.24) is 25.1 Å². The number of likely N-dealkylation sites (tertiary alicyclic amines) is 1. The van der Waals surface area contributed by atoms with Gasteiger partial charge in [-0.1, -0.05) is 18.2 Å². The minimum atomic E-state index is -0.462. The molecule has 3 aromatic heterocycles. The van der Waals surface area contributed by atoms with Gasteiger partial charge < -0.3 is 9.32 Å². The lowest BCUT2D eigenvalue weighted by Crippen LogP contribution is -2.38. The van der Waals surface area contributed by atoms with Crippen LogP contribution in [-0.4, -0.2) is 43.6 Å². The van der Waals surface area contributed by atoms with E-state index < -0.39 is 5.82 Å². The van der Waals surface area contributed by atoms with Crippen LogP contribution in [0.25, 0.3) is 21.7 Å². The Morgan fingerprint density at radius 1 is 1.34 bits per heavy atom. The normalized spacial score (nSPS) is 16.8. The molecule has 0 radical (unpaired) electrons. The number of rotatable bonds is 4. The molecular formula is C20H18FN5O2S. The van der Waals surface area contributed by atoms with E-state index in [-0.39, 0.29) is 23.3 Å². The number of nitrogens with zero attached hydrogens (tertiary/aromatic N) is 5. The summed E-state index contributed by atoms with van der Waals surface area (Å²) in [5.41, 5.74) is 0.789. The molecule has 0 N–H and O–H groups in total. The number of carbonyl (C=O) groups excluding carboxylic acids is 1. The molecule has 148 valence electrons. The molecule has 1 atom stereocenters. The maximum atomic E-state index is 14.1. The zero-order valence-corrected chi connectivity index (χ0v) is 16.5. The van der Waals surface area contributed by atoms with Crippen LogP contribution >= 0.6 is 11.3 Å². The molecule has 1 amide bonds. The summed E-state index contributed by atoms with van der Waals surface area (Å²) < 4.78 is 19.7. The Morgan fingerprint density at radius 2 is 2.24 bits per heavy atom. The van der Waals surface area contributed by atoms with Gasteiger partial charge in [-0.15, -0.1) is 21.5 Å². The first-order chi connectivity index (χ1) is 14.1. The van der Waals surface area contributed by atoms with Gasteiger partial charge in [0.25, 0.3) is 5.91 Å². The van der Waals surface area contributed by atoms with E-state index in [1.807, 2.05) is 17.5 Å². The number of furan rings is 1. The first kappa shape index (κ1) is 18.0. The van der Waals surface area contributed by atoms with E-state index >= 15 is 0 Å². The Labute approximate surface area is 169 Å². The maximum Gasteiger partial charge on any atom is 0.290 e. The number of thiophene rings is 1. The van der Waals surface area contributed by atoms with E-state index in [0.29, 0.717) is 29.9 Å². The van der Waals surface area contributed by atoms with Gasteiger partial charge >= 0.3 is 0 Å². The fourth-order valence-electron chi connectivity index (χ4n) is 3.85. The summed E-state index contributed by atoms with van der Waals surface area (Å²) in [7, 11) is 0. The predicted molar refractivity (Wildman–Crippen MR) is 106 cm³/mol. The molecule has 1 aliphatic heterocycles. The van der Waals surface area contributed by atoms with Crippen molar-refractivity contribution in [3.05, 3.63) is 52.9 Å². The lowest BCUT2D eigenvalue weighted by molar-refractivity contribution is 0.0686. The number of fused-ring (bicyclic) bond motifs is 1. The van der Waals surface area contributed by atoms with Crippen LogP contribution in [0.1, 0.15) is 29.0 Å². The predicted octanol–water partition coefficient (Wildman–Crippen LogP) is 3.90. The van der Waals surface area contributed by atoms with Crippen LogP contribution in [0.3, 0.4) is 0 Å². The molecule has 9 heteroatoms. The molecule has 1 saturated heterocycles. The number of benzene rings is 1. The zero-order valence-electron chi connectivity index (χ0n) is 15.7. The van der Waals surface area contributed by atoms with E-state index in [1.165, 1.54) is 10.9 Å². The molecular weight excluding hydrogens is 393 g/mol. The van der Waals surface area contributed by atoms with Gasteiger partial charge in [0.1, 0.15) is 0 Å². The number of tetrazole rings is 1. The molecule has 4 heterocycles. The van der Waals surface area contributed by atoms with Crippen LogP contribution in [0.15, 0.2) is 40.1 Å². The van der Waals surface area contributed by atoms with Crippen molar-refractivity contribution < 1.29 is 13.6 Å². The summed E-state index contributed by atoms with van der Waals surface area (Å²) in [6.07, 6.45) is 1.73. The average molecular weight is 411 g/mol. The summed E-state index contributed by atoms with van der Waals surface area (Å²) in [6, 6.07) is 8.54. The highest BCUT2D eigenvalue weighted by Gasteiger charge is 2.33. The fourth-order valence-corrected chi connectivity index (χ4v) is 4.50. The lowest BCUT2D eigenvalue weighted by Gasteiger charge is -2.23. The Kier molecular flexibility index (Phi) is 4.39. The van der Waals surface area contributed by atoms with Crippen molar-refractivity contribution >= 4 is 28.2 Å². The third-order valence-electron chi connectivity index (χ3n) is 5.32. The second-order valence-corrected chi connectivity index (χ2v) is 8.06. The van der Waals surface area contributed by atoms with Crippen molar-refractivity contribution in [3.8, 4) is 10.7 Å². The van der Waals surface area contributed by atoms with Crippen LogP contribution < -0.4 is 0 Å². The molecule has 29 heavy (non-hydrogen) atoms. The highest BCUT2D eigenvalue weighted by molar-refractivity contribution is 7.13. The summed E-state index contributed by atoms with van der Waals surface area (Å²) in [5, 5.41) is 15.3. The van der Waals surface area contributed by atoms with Gasteiger partial charge in [-0.25, -0.2) is 4.39 Å². The van der Waals surface area contributed by atoms with Crippen molar-refractivity contribution in [2.24, 2.45) is 0 Å². The summed E-state index contributed by atoms with van der Waals surface area (Å²) in [6.45, 7) is 2.86. The first-order valence-corrected chi connectivity index (χ1v) is 10.3. The van der Waals surface area contributed by atoms with E-state index in [1.54, 1.807) is 35.3 Å². The lowest BCUT2D eigenvalue weighted by atomic mass is 10.1. The van der Waals surface area contributed by atoms with Gasteiger partial charge in [0.15, 0.2) is 17.2 Å². The van der Waals surface area contributed by atoms with Crippen molar-refractivity contribution in [2.45, 2.75) is 32.4 Å². The van der Waals surface area contributed by atoms with Gasteiger partial charge in [0.2, 0.25) is 5.82 Å². The molecule has 0 saturated carbocycles. The van der Waals surface area contributed by atoms with Crippen LogP contribution in [0.4, 0.5) is 4.39 Å². The molecule has 4 aromatic rings. The fraction of sp³-hybridized carbons (Fsp3) is 0.300. The monoisotopic (exact) mass is 411 g/mol. The van der Waals surface area contributed by atoms with E-state index in [9.17, 15) is 9.18 Å². The van der Waals surface area contributed by atoms with Gasteiger partial charge in [0, 0.05) is 17.5 Å². The molecule has 0 bridgehead atoms. The number of para-hydroxylation sites is 1. The molecule has 1 aromatic carbocycles. The molecule has 1 aliphatic rings. The molecule has 0 aliphatic carbocycles. The van der Waals surface area contributed by atoms with E-state index in [0.717, 1.165) is 17.7 Å². The standard InChI is InChI=1S/C20H18FN5O2S/c1-12-14-6-2-7-15(21)18(14)28-17(12)20(27)25-9-3-5-13(25)11-26-23-19(22-24-26)16-8-4-10-29-16/h2,4,6-8,10,13H,3,5,9,11H2,1H3. The molecule has 0 spiro atoms. The summed E-state index contributed by atoms with van der Waals surface area (Å²) >= 11 is 1.55. The van der Waals surface area contributed by atoms with Gasteiger partial charge in [-0.05, 0) is 42.5 Å². The molecule has 7 nitrogen and oxygen atoms in total. The number of hydrogen-bond acceptors (Lipinski definition) is 6. The SMILES string of the molecule is Cc1c(C(=O)N2CCCC2Cn2nnc(-c3cccs3)n2)oc2c(F)cccc12. The highest BCUT2D eigenvalue weighted by Crippen LogP contribution is 2.30. The summed E-state index contributed by atoms with van der Waals surface area (Å²) in [4.78, 5) is 17.5. The highest BCUT2D eigenvalue weighted by atomic mass is 32.1. The van der Waals surface area contributed by atoms with Gasteiger partial charge in [-0.2, -0.15) is 4.80 Å². The minimum absolute atomic E-state index is 0.0645. The Balaban J connectivity index is 1.39. The average Bonchev–Trinajstić information content (AvgIpc) is 3.49. The van der Waals surface area contributed by atoms with Crippen LogP contribution in [0, 0.1) is 12.7 Å². The number of hydrogen-bond donors (Lipinski definition) is 0. The zero-order chi connectivity index (χ0) is 20.0. The Bertz CT molecular complexity index is 1180.